The topological polar surface area (TPSA) is 27.7 Å². The maximum atomic E-state index is 6.38. The van der Waals surface area contributed by atoms with Gasteiger partial charge in [-0.05, 0) is 62.5 Å². The lowest BCUT2D eigenvalue weighted by atomic mass is 9.54. The average Bonchev–Trinajstić information content (AvgIpc) is 3.20. The summed E-state index contributed by atoms with van der Waals surface area (Å²) in [4.78, 5) is 0. The summed E-state index contributed by atoms with van der Waals surface area (Å²) in [6.45, 7) is 6.34. The highest BCUT2D eigenvalue weighted by Gasteiger charge is 2.60. The van der Waals surface area contributed by atoms with Gasteiger partial charge in [-0.15, -0.1) is 0 Å². The van der Waals surface area contributed by atoms with Crippen molar-refractivity contribution >= 4 is 0 Å². The van der Waals surface area contributed by atoms with Crippen molar-refractivity contribution in [3.05, 3.63) is 22.8 Å². The van der Waals surface area contributed by atoms with Crippen molar-refractivity contribution in [3.63, 3.8) is 0 Å². The predicted molar refractivity (Wildman–Crippen MR) is 97.2 cm³/mol. The zero-order chi connectivity index (χ0) is 17.3. The minimum atomic E-state index is -0.310. The van der Waals surface area contributed by atoms with Crippen LogP contribution >= 0.6 is 0 Å². The summed E-state index contributed by atoms with van der Waals surface area (Å²) < 4.78 is 18.5. The van der Waals surface area contributed by atoms with Crippen molar-refractivity contribution in [2.24, 2.45) is 17.3 Å². The van der Waals surface area contributed by atoms with Gasteiger partial charge in [-0.3, -0.25) is 0 Å². The van der Waals surface area contributed by atoms with Gasteiger partial charge in [0.15, 0.2) is 5.79 Å². The molecule has 0 aromatic rings. The summed E-state index contributed by atoms with van der Waals surface area (Å²) in [7, 11) is 1.97. The molecule has 0 aromatic heterocycles. The number of rotatable bonds is 1. The van der Waals surface area contributed by atoms with Crippen molar-refractivity contribution in [1.29, 1.82) is 0 Å². The van der Waals surface area contributed by atoms with Crippen LogP contribution in [0.5, 0.6) is 0 Å². The maximum absolute atomic E-state index is 6.38. The summed E-state index contributed by atoms with van der Waals surface area (Å²) in [5.74, 6) is 0.957. The Labute approximate surface area is 151 Å². The van der Waals surface area contributed by atoms with Crippen LogP contribution in [0.4, 0.5) is 0 Å². The minimum absolute atomic E-state index is 0.0549. The Kier molecular flexibility index (Phi) is 3.59. The average molecular weight is 344 g/mol. The van der Waals surface area contributed by atoms with Gasteiger partial charge in [0.2, 0.25) is 0 Å². The second kappa shape index (κ2) is 5.43. The third-order valence-corrected chi connectivity index (χ3v) is 8.45. The van der Waals surface area contributed by atoms with Gasteiger partial charge in [0.1, 0.15) is 0 Å². The Morgan fingerprint density at radius 1 is 1.16 bits per heavy atom. The van der Waals surface area contributed by atoms with E-state index < -0.39 is 0 Å². The van der Waals surface area contributed by atoms with Gasteiger partial charge in [-0.25, -0.2) is 0 Å². The van der Waals surface area contributed by atoms with E-state index in [0.29, 0.717) is 17.3 Å². The van der Waals surface area contributed by atoms with Gasteiger partial charge in [0.05, 0.1) is 18.8 Å². The summed E-state index contributed by atoms with van der Waals surface area (Å²) in [6, 6.07) is 0. The molecule has 3 fully saturated rings. The van der Waals surface area contributed by atoms with E-state index in [1.54, 1.807) is 11.1 Å². The summed E-state index contributed by atoms with van der Waals surface area (Å²) in [6.07, 6.45) is 12.1. The Bertz CT molecular complexity index is 642. The molecule has 1 saturated heterocycles. The van der Waals surface area contributed by atoms with Crippen LogP contribution in [0.25, 0.3) is 0 Å². The highest BCUT2D eigenvalue weighted by atomic mass is 16.7. The van der Waals surface area contributed by atoms with Crippen molar-refractivity contribution in [3.8, 4) is 0 Å². The molecule has 5 aliphatic rings. The molecular formula is C22H32O3. The molecule has 1 heterocycles. The van der Waals surface area contributed by atoms with E-state index in [1.165, 1.54) is 44.1 Å². The zero-order valence-electron chi connectivity index (χ0n) is 16.0. The first kappa shape index (κ1) is 16.5. The van der Waals surface area contributed by atoms with Gasteiger partial charge in [0, 0.05) is 31.3 Å². The molecule has 25 heavy (non-hydrogen) atoms. The number of hydrogen-bond donors (Lipinski definition) is 0. The molecule has 1 aliphatic heterocycles. The zero-order valence-corrected chi connectivity index (χ0v) is 16.0. The van der Waals surface area contributed by atoms with Crippen LogP contribution in [0.3, 0.4) is 0 Å². The first-order chi connectivity index (χ1) is 12.0. The monoisotopic (exact) mass is 344 g/mol. The molecule has 0 N–H and O–H groups in total. The number of allylic oxidation sites excluding steroid dienone is 2. The first-order valence-electron chi connectivity index (χ1n) is 10.3. The Morgan fingerprint density at radius 2 is 1.96 bits per heavy atom. The van der Waals surface area contributed by atoms with Crippen molar-refractivity contribution < 1.29 is 14.2 Å². The number of methoxy groups -OCH3 is 1. The van der Waals surface area contributed by atoms with E-state index in [1.807, 2.05) is 7.11 Å². The quantitative estimate of drug-likeness (QED) is 0.686. The Hall–Kier alpha value is -0.640. The van der Waals surface area contributed by atoms with Crippen LogP contribution in [0.2, 0.25) is 0 Å². The third kappa shape index (κ3) is 2.09. The van der Waals surface area contributed by atoms with Crippen LogP contribution in [0, 0.1) is 17.3 Å². The van der Waals surface area contributed by atoms with Crippen LogP contribution in [-0.2, 0) is 14.2 Å². The van der Waals surface area contributed by atoms with Gasteiger partial charge in [0.25, 0.3) is 0 Å². The van der Waals surface area contributed by atoms with Gasteiger partial charge in [-0.1, -0.05) is 18.6 Å². The minimum Gasteiger partial charge on any atom is -0.377 e. The molecule has 5 rings (SSSR count). The maximum Gasteiger partial charge on any atom is 0.172 e. The molecule has 0 bridgehead atoms. The summed E-state index contributed by atoms with van der Waals surface area (Å²) in [5, 5.41) is 0. The van der Waals surface area contributed by atoms with Crippen molar-refractivity contribution in [1.82, 2.24) is 0 Å². The number of fused-ring (bicyclic) bond motifs is 4. The fourth-order valence-corrected chi connectivity index (χ4v) is 7.08. The second-order valence-corrected chi connectivity index (χ2v) is 9.33. The van der Waals surface area contributed by atoms with Gasteiger partial charge < -0.3 is 14.2 Å². The van der Waals surface area contributed by atoms with E-state index in [-0.39, 0.29) is 11.4 Å². The molecule has 4 aliphatic carbocycles. The fourth-order valence-electron chi connectivity index (χ4n) is 7.08. The standard InChI is InChI=1S/C22H32O3/c1-15-17-6-9-20(2)7-4-8-22(20,23-3)19(17)13-16-5-10-21(14-18(15)16)24-11-12-25-21/h6,16,19H,4-5,7-14H2,1-3H3/t16?,19?,20-,22?/m1/s1. The molecular weight excluding hydrogens is 312 g/mol. The number of hydrogen-bond acceptors (Lipinski definition) is 3. The largest absolute Gasteiger partial charge is 0.377 e. The lowest BCUT2D eigenvalue weighted by molar-refractivity contribution is -0.175. The summed E-state index contributed by atoms with van der Waals surface area (Å²) in [5.41, 5.74) is 5.11. The van der Waals surface area contributed by atoms with Crippen molar-refractivity contribution in [2.45, 2.75) is 76.6 Å². The molecule has 138 valence electrons. The number of ether oxygens (including phenoxy) is 3. The molecule has 3 nitrogen and oxygen atoms in total. The highest BCUT2D eigenvalue weighted by molar-refractivity contribution is 5.45. The second-order valence-electron chi connectivity index (χ2n) is 9.33. The lowest BCUT2D eigenvalue weighted by Gasteiger charge is -2.55. The third-order valence-electron chi connectivity index (χ3n) is 8.45. The van der Waals surface area contributed by atoms with Crippen LogP contribution in [0.15, 0.2) is 22.8 Å². The van der Waals surface area contributed by atoms with E-state index in [2.05, 4.69) is 19.9 Å². The van der Waals surface area contributed by atoms with Crippen LogP contribution < -0.4 is 0 Å². The van der Waals surface area contributed by atoms with E-state index in [4.69, 9.17) is 14.2 Å². The van der Waals surface area contributed by atoms with Crippen LogP contribution in [0.1, 0.15) is 65.2 Å². The van der Waals surface area contributed by atoms with E-state index >= 15 is 0 Å². The van der Waals surface area contributed by atoms with Gasteiger partial charge in [-0.2, -0.15) is 0 Å². The molecule has 4 atom stereocenters. The summed E-state index contributed by atoms with van der Waals surface area (Å²) >= 11 is 0. The smallest absolute Gasteiger partial charge is 0.172 e. The molecule has 1 spiro atoms. The Balaban J connectivity index is 1.55. The molecule has 0 amide bonds. The van der Waals surface area contributed by atoms with Crippen molar-refractivity contribution in [2.75, 3.05) is 20.3 Å². The SMILES string of the molecule is COC12CCC[C@]1(C)CC=C1C(C)=C3CC4(CCC3CC12)OCCO4. The van der Waals surface area contributed by atoms with E-state index in [9.17, 15) is 0 Å². The first-order valence-corrected chi connectivity index (χ1v) is 10.3. The normalized spacial score (nSPS) is 45.2. The van der Waals surface area contributed by atoms with Crippen LogP contribution in [-0.4, -0.2) is 31.7 Å². The predicted octanol–water partition coefficient (Wildman–Crippen LogP) is 4.77. The molecule has 3 heteroatoms. The highest BCUT2D eigenvalue weighted by Crippen LogP contribution is 2.63. The van der Waals surface area contributed by atoms with E-state index in [0.717, 1.165) is 26.1 Å². The Morgan fingerprint density at radius 3 is 2.72 bits per heavy atom. The fraction of sp³-hybridized carbons (Fsp3) is 0.818. The van der Waals surface area contributed by atoms with Gasteiger partial charge >= 0.3 is 0 Å². The molecule has 0 radical (unpaired) electrons. The molecule has 3 unspecified atom stereocenters. The molecule has 2 saturated carbocycles. The molecule has 0 aromatic carbocycles. The lowest BCUT2D eigenvalue weighted by Crippen LogP contribution is -2.54.